The minimum Gasteiger partial charge on any atom is -0.456 e. The van der Waals surface area contributed by atoms with Crippen LogP contribution in [-0.2, 0) is 0 Å². The molecule has 3 nitrogen and oxygen atoms in total. The van der Waals surface area contributed by atoms with E-state index in [1.54, 1.807) is 0 Å². The molecule has 3 heteroatoms. The number of furan rings is 1. The average Bonchev–Trinajstić information content (AvgIpc) is 3.95. The highest BCUT2D eigenvalue weighted by molar-refractivity contribution is 6.14. The van der Waals surface area contributed by atoms with Crippen LogP contribution in [0.1, 0.15) is 0 Å². The first-order chi connectivity index (χ1) is 33.3. The molecule has 0 radical (unpaired) electrons. The van der Waals surface area contributed by atoms with Gasteiger partial charge in [-0.1, -0.05) is 194 Å². The summed E-state index contributed by atoms with van der Waals surface area (Å²) in [5.74, 6) is 0. The van der Waals surface area contributed by atoms with E-state index in [0.717, 1.165) is 66.9 Å². The molecule has 0 aliphatic heterocycles. The molecule has 0 bridgehead atoms. The molecule has 314 valence electrons. The first-order valence-electron chi connectivity index (χ1n) is 22.9. The Morgan fingerprint density at radius 3 is 1.69 bits per heavy atom. The number of nitrogens with zero attached hydrogens (tertiary/aromatic N) is 2. The minimum atomic E-state index is 0.881. The quantitative estimate of drug-likeness (QED) is 0.152. The number of rotatable bonds is 8. The standard InChI is InChI=1S/C64H42N2O/c1-3-18-43(19-4-1)50-28-15-20-45-21-16-30-55(63(45)50)52-25-8-12-33-59(52)65(58-32-11-7-24-49(58)46-38-41-62-57(42-46)54-27-10-14-35-61(54)67-62)48-39-36-44(37-40-48)51-29-17-31-56-53-26-9-13-34-60(53)66(64(51)56)47-22-5-2-6-23-47/h1-42H. The summed E-state index contributed by atoms with van der Waals surface area (Å²) in [5.41, 5.74) is 17.8. The Bertz CT molecular complexity index is 3970. The highest BCUT2D eigenvalue weighted by atomic mass is 16.3. The van der Waals surface area contributed by atoms with E-state index in [1.165, 1.54) is 54.8 Å². The van der Waals surface area contributed by atoms with Gasteiger partial charge in [0.15, 0.2) is 0 Å². The zero-order valence-corrected chi connectivity index (χ0v) is 36.6. The topological polar surface area (TPSA) is 21.3 Å². The summed E-state index contributed by atoms with van der Waals surface area (Å²) in [7, 11) is 0. The summed E-state index contributed by atoms with van der Waals surface area (Å²) >= 11 is 0. The van der Waals surface area contributed by atoms with Gasteiger partial charge in [0.25, 0.3) is 0 Å². The molecule has 0 fully saturated rings. The van der Waals surface area contributed by atoms with Crippen molar-refractivity contribution in [2.45, 2.75) is 0 Å². The number of hydrogen-bond donors (Lipinski definition) is 0. The highest BCUT2D eigenvalue weighted by Gasteiger charge is 2.23. The van der Waals surface area contributed by atoms with Crippen LogP contribution in [0.25, 0.3) is 105 Å². The SMILES string of the molecule is c1ccc(-c2cccc3cccc(-c4ccccc4N(c4ccc(-c5cccc6c7ccccc7n(-c7ccccc7)c56)cc4)c4ccccc4-c4ccc5oc6ccccc6c5c4)c23)cc1. The molecule has 13 aromatic rings. The van der Waals surface area contributed by atoms with Gasteiger partial charge < -0.3 is 13.9 Å². The molecule has 2 heterocycles. The van der Waals surface area contributed by atoms with Crippen molar-refractivity contribution in [3.05, 3.63) is 255 Å². The molecule has 11 aromatic carbocycles. The molecule has 0 unspecified atom stereocenters. The Morgan fingerprint density at radius 2 is 0.881 bits per heavy atom. The normalized spacial score (nSPS) is 11.6. The number of anilines is 3. The zero-order valence-electron chi connectivity index (χ0n) is 36.6. The monoisotopic (exact) mass is 854 g/mol. The Labute approximate surface area is 388 Å². The summed E-state index contributed by atoms with van der Waals surface area (Å²) in [5, 5.41) is 7.12. The smallest absolute Gasteiger partial charge is 0.135 e. The second-order valence-corrected chi connectivity index (χ2v) is 17.2. The van der Waals surface area contributed by atoms with E-state index in [9.17, 15) is 0 Å². The van der Waals surface area contributed by atoms with E-state index in [2.05, 4.69) is 252 Å². The summed E-state index contributed by atoms with van der Waals surface area (Å²) in [6, 6.07) is 92.1. The number of hydrogen-bond acceptors (Lipinski definition) is 2. The van der Waals surface area contributed by atoms with Gasteiger partial charge in [-0.05, 0) is 99.3 Å². The second-order valence-electron chi connectivity index (χ2n) is 17.2. The molecule has 0 N–H and O–H groups in total. The third kappa shape index (κ3) is 6.43. The average molecular weight is 855 g/mol. The molecular weight excluding hydrogens is 813 g/mol. The molecule has 0 saturated carbocycles. The fourth-order valence-corrected chi connectivity index (χ4v) is 10.4. The van der Waals surface area contributed by atoms with E-state index in [1.807, 2.05) is 12.1 Å². The first kappa shape index (κ1) is 38.5. The number of para-hydroxylation sites is 6. The summed E-state index contributed by atoms with van der Waals surface area (Å²) in [4.78, 5) is 2.46. The summed E-state index contributed by atoms with van der Waals surface area (Å²) in [6.07, 6.45) is 0. The van der Waals surface area contributed by atoms with Gasteiger partial charge in [-0.3, -0.25) is 0 Å². The van der Waals surface area contributed by atoms with Crippen molar-refractivity contribution in [2.75, 3.05) is 4.90 Å². The molecule has 0 atom stereocenters. The molecule has 13 rings (SSSR count). The lowest BCUT2D eigenvalue weighted by molar-refractivity contribution is 0.669. The van der Waals surface area contributed by atoms with Crippen LogP contribution < -0.4 is 4.90 Å². The van der Waals surface area contributed by atoms with Crippen molar-refractivity contribution >= 4 is 71.6 Å². The van der Waals surface area contributed by atoms with Crippen LogP contribution in [-0.4, -0.2) is 4.57 Å². The Kier molecular flexibility index (Phi) is 9.17. The maximum absolute atomic E-state index is 6.31. The number of benzene rings is 11. The van der Waals surface area contributed by atoms with Gasteiger partial charge in [0.05, 0.1) is 22.4 Å². The third-order valence-electron chi connectivity index (χ3n) is 13.4. The Hall–Kier alpha value is -8.92. The van der Waals surface area contributed by atoms with Crippen LogP contribution >= 0.6 is 0 Å². The van der Waals surface area contributed by atoms with Crippen molar-refractivity contribution in [2.24, 2.45) is 0 Å². The number of fused-ring (bicyclic) bond motifs is 7. The molecule has 2 aromatic heterocycles. The van der Waals surface area contributed by atoms with Gasteiger partial charge in [0, 0.05) is 49.6 Å². The Balaban J connectivity index is 1.03. The fourth-order valence-electron chi connectivity index (χ4n) is 10.4. The van der Waals surface area contributed by atoms with Crippen LogP contribution in [0, 0.1) is 0 Å². The summed E-state index contributed by atoms with van der Waals surface area (Å²) < 4.78 is 8.73. The van der Waals surface area contributed by atoms with Gasteiger partial charge >= 0.3 is 0 Å². The fraction of sp³-hybridized carbons (Fsp3) is 0. The van der Waals surface area contributed by atoms with Gasteiger partial charge in [-0.25, -0.2) is 0 Å². The van der Waals surface area contributed by atoms with Crippen molar-refractivity contribution < 1.29 is 4.42 Å². The summed E-state index contributed by atoms with van der Waals surface area (Å²) in [6.45, 7) is 0. The number of aromatic nitrogens is 1. The molecule has 0 spiro atoms. The maximum Gasteiger partial charge on any atom is 0.135 e. The van der Waals surface area contributed by atoms with Crippen molar-refractivity contribution in [3.63, 3.8) is 0 Å². The van der Waals surface area contributed by atoms with Gasteiger partial charge in [0.1, 0.15) is 11.2 Å². The van der Waals surface area contributed by atoms with E-state index in [4.69, 9.17) is 4.42 Å². The molecular formula is C64H42N2O. The third-order valence-corrected chi connectivity index (χ3v) is 13.4. The molecule has 0 saturated heterocycles. The van der Waals surface area contributed by atoms with Crippen LogP contribution in [0.4, 0.5) is 17.1 Å². The van der Waals surface area contributed by atoms with Crippen LogP contribution in [0.3, 0.4) is 0 Å². The van der Waals surface area contributed by atoms with Crippen LogP contribution in [0.15, 0.2) is 259 Å². The largest absolute Gasteiger partial charge is 0.456 e. The van der Waals surface area contributed by atoms with Gasteiger partial charge in [-0.15, -0.1) is 0 Å². The van der Waals surface area contributed by atoms with Gasteiger partial charge in [0.2, 0.25) is 0 Å². The van der Waals surface area contributed by atoms with Gasteiger partial charge in [-0.2, -0.15) is 0 Å². The van der Waals surface area contributed by atoms with E-state index in [-0.39, 0.29) is 0 Å². The van der Waals surface area contributed by atoms with Crippen molar-refractivity contribution in [1.82, 2.24) is 4.57 Å². The Morgan fingerprint density at radius 1 is 0.328 bits per heavy atom. The molecule has 0 aliphatic rings. The molecule has 0 amide bonds. The van der Waals surface area contributed by atoms with Crippen LogP contribution in [0.2, 0.25) is 0 Å². The zero-order chi connectivity index (χ0) is 44.3. The second kappa shape index (κ2) is 16.0. The maximum atomic E-state index is 6.31. The van der Waals surface area contributed by atoms with Crippen molar-refractivity contribution in [1.29, 1.82) is 0 Å². The lowest BCUT2D eigenvalue weighted by Gasteiger charge is -2.30. The predicted octanol–water partition coefficient (Wildman–Crippen LogP) is 18.0. The lowest BCUT2D eigenvalue weighted by atomic mass is 9.90. The van der Waals surface area contributed by atoms with E-state index in [0.29, 0.717) is 0 Å². The molecule has 67 heavy (non-hydrogen) atoms. The highest BCUT2D eigenvalue weighted by Crippen LogP contribution is 2.48. The lowest BCUT2D eigenvalue weighted by Crippen LogP contribution is -2.12. The first-order valence-corrected chi connectivity index (χ1v) is 22.9. The predicted molar refractivity (Wildman–Crippen MR) is 282 cm³/mol. The van der Waals surface area contributed by atoms with E-state index >= 15 is 0 Å². The van der Waals surface area contributed by atoms with E-state index < -0.39 is 0 Å². The van der Waals surface area contributed by atoms with Crippen LogP contribution in [0.5, 0.6) is 0 Å². The van der Waals surface area contributed by atoms with Crippen molar-refractivity contribution in [3.8, 4) is 50.2 Å². The molecule has 0 aliphatic carbocycles. The minimum absolute atomic E-state index is 0.881.